The lowest BCUT2D eigenvalue weighted by atomic mass is 10.0. The monoisotopic (exact) mass is 272 g/mol. The third kappa shape index (κ3) is 3.29. The first-order chi connectivity index (χ1) is 8.51. The van der Waals surface area contributed by atoms with E-state index in [2.05, 4.69) is 0 Å². The highest BCUT2D eigenvalue weighted by molar-refractivity contribution is 6.32. The molecule has 0 aromatic heterocycles. The van der Waals surface area contributed by atoms with Crippen molar-refractivity contribution in [2.24, 2.45) is 0 Å². The SMILES string of the molecule is COc1c(Cl)cc(C)c(CCCC(=O)O)c1OC. The number of carbonyl (C=O) groups is 1. The number of aryl methyl sites for hydroxylation is 1. The van der Waals surface area contributed by atoms with Gasteiger partial charge in [0.05, 0.1) is 19.2 Å². The van der Waals surface area contributed by atoms with Crippen LogP contribution in [-0.4, -0.2) is 25.3 Å². The molecule has 0 spiro atoms. The van der Waals surface area contributed by atoms with Crippen LogP contribution in [-0.2, 0) is 11.2 Å². The van der Waals surface area contributed by atoms with E-state index in [-0.39, 0.29) is 6.42 Å². The number of rotatable bonds is 6. The van der Waals surface area contributed by atoms with Crippen molar-refractivity contribution >= 4 is 17.6 Å². The first-order valence-corrected chi connectivity index (χ1v) is 6.00. The van der Waals surface area contributed by atoms with Crippen LogP contribution in [0.3, 0.4) is 0 Å². The van der Waals surface area contributed by atoms with E-state index in [1.165, 1.54) is 7.11 Å². The van der Waals surface area contributed by atoms with Gasteiger partial charge in [0.1, 0.15) is 0 Å². The first-order valence-electron chi connectivity index (χ1n) is 5.63. The Morgan fingerprint density at radius 2 is 1.94 bits per heavy atom. The highest BCUT2D eigenvalue weighted by atomic mass is 35.5. The van der Waals surface area contributed by atoms with Crippen LogP contribution in [0.5, 0.6) is 11.5 Å². The van der Waals surface area contributed by atoms with Crippen molar-refractivity contribution in [3.63, 3.8) is 0 Å². The van der Waals surface area contributed by atoms with Gasteiger partial charge in [-0.3, -0.25) is 4.79 Å². The van der Waals surface area contributed by atoms with Crippen molar-refractivity contribution in [3.8, 4) is 11.5 Å². The fourth-order valence-corrected chi connectivity index (χ4v) is 2.23. The number of halogens is 1. The van der Waals surface area contributed by atoms with E-state index in [9.17, 15) is 4.79 Å². The molecule has 1 aromatic carbocycles. The largest absolute Gasteiger partial charge is 0.493 e. The Morgan fingerprint density at radius 1 is 1.33 bits per heavy atom. The van der Waals surface area contributed by atoms with Crippen molar-refractivity contribution in [1.29, 1.82) is 0 Å². The fraction of sp³-hybridized carbons (Fsp3) is 0.462. The number of hydrogen-bond donors (Lipinski definition) is 1. The Balaban J connectivity index is 3.05. The van der Waals surface area contributed by atoms with Crippen molar-refractivity contribution in [3.05, 3.63) is 22.2 Å². The smallest absolute Gasteiger partial charge is 0.303 e. The molecule has 0 saturated heterocycles. The van der Waals surface area contributed by atoms with E-state index in [0.29, 0.717) is 29.4 Å². The van der Waals surface area contributed by atoms with Crippen LogP contribution in [0, 0.1) is 6.92 Å². The zero-order chi connectivity index (χ0) is 13.7. The zero-order valence-corrected chi connectivity index (χ0v) is 11.5. The van der Waals surface area contributed by atoms with Crippen molar-refractivity contribution in [2.75, 3.05) is 14.2 Å². The Hall–Kier alpha value is -1.42. The molecular weight excluding hydrogens is 256 g/mol. The topological polar surface area (TPSA) is 55.8 Å². The number of carboxylic acid groups (broad SMARTS) is 1. The molecule has 0 bridgehead atoms. The minimum atomic E-state index is -0.799. The predicted molar refractivity (Wildman–Crippen MR) is 69.9 cm³/mol. The first kappa shape index (κ1) is 14.6. The van der Waals surface area contributed by atoms with Crippen LogP contribution in [0.25, 0.3) is 0 Å². The molecule has 5 heteroatoms. The maximum absolute atomic E-state index is 10.5. The van der Waals surface area contributed by atoms with E-state index in [1.54, 1.807) is 13.2 Å². The second kappa shape index (κ2) is 6.50. The zero-order valence-electron chi connectivity index (χ0n) is 10.7. The predicted octanol–water partition coefficient (Wildman–Crippen LogP) is 3.07. The van der Waals surface area contributed by atoms with Crippen LogP contribution in [0.1, 0.15) is 24.0 Å². The molecule has 0 aliphatic heterocycles. The van der Waals surface area contributed by atoms with E-state index < -0.39 is 5.97 Å². The number of hydrogen-bond acceptors (Lipinski definition) is 3. The van der Waals surface area contributed by atoms with Gasteiger partial charge in [-0.15, -0.1) is 0 Å². The van der Waals surface area contributed by atoms with Gasteiger partial charge in [0.2, 0.25) is 0 Å². The van der Waals surface area contributed by atoms with E-state index >= 15 is 0 Å². The molecule has 0 fully saturated rings. The maximum atomic E-state index is 10.5. The van der Waals surface area contributed by atoms with Crippen LogP contribution in [0.2, 0.25) is 5.02 Å². The molecule has 0 aliphatic rings. The van der Waals surface area contributed by atoms with Gasteiger partial charge in [0, 0.05) is 12.0 Å². The standard InChI is InChI=1S/C13H17ClO4/c1-8-7-10(14)13(18-3)12(17-2)9(8)5-4-6-11(15)16/h7H,4-6H2,1-3H3,(H,15,16). The molecule has 0 heterocycles. The Bertz CT molecular complexity index is 443. The molecule has 0 aliphatic carbocycles. The molecule has 0 radical (unpaired) electrons. The Labute approximate surface area is 111 Å². The van der Waals surface area contributed by atoms with Crippen molar-refractivity contribution in [1.82, 2.24) is 0 Å². The minimum Gasteiger partial charge on any atom is -0.493 e. The summed E-state index contributed by atoms with van der Waals surface area (Å²) in [7, 11) is 3.08. The summed E-state index contributed by atoms with van der Waals surface area (Å²) in [5.41, 5.74) is 1.92. The average Bonchev–Trinajstić information content (AvgIpc) is 2.30. The number of benzene rings is 1. The molecule has 1 rings (SSSR count). The molecule has 0 atom stereocenters. The second-order valence-corrected chi connectivity index (χ2v) is 4.37. The van der Waals surface area contributed by atoms with Gasteiger partial charge in [-0.25, -0.2) is 0 Å². The van der Waals surface area contributed by atoms with Gasteiger partial charge in [0.15, 0.2) is 11.5 Å². The van der Waals surface area contributed by atoms with Gasteiger partial charge in [-0.1, -0.05) is 11.6 Å². The molecule has 18 heavy (non-hydrogen) atoms. The van der Waals surface area contributed by atoms with Crippen LogP contribution in [0.4, 0.5) is 0 Å². The van der Waals surface area contributed by atoms with Gasteiger partial charge in [-0.05, 0) is 31.4 Å². The van der Waals surface area contributed by atoms with Crippen molar-refractivity contribution < 1.29 is 19.4 Å². The van der Waals surface area contributed by atoms with Gasteiger partial charge >= 0.3 is 5.97 Å². The summed E-state index contributed by atoms with van der Waals surface area (Å²) in [6, 6.07) is 1.80. The van der Waals surface area contributed by atoms with Gasteiger partial charge in [-0.2, -0.15) is 0 Å². The lowest BCUT2D eigenvalue weighted by Crippen LogP contribution is -2.02. The molecule has 1 N–H and O–H groups in total. The highest BCUT2D eigenvalue weighted by Gasteiger charge is 2.16. The summed E-state index contributed by atoms with van der Waals surface area (Å²) < 4.78 is 10.5. The second-order valence-electron chi connectivity index (χ2n) is 3.97. The summed E-state index contributed by atoms with van der Waals surface area (Å²) in [4.78, 5) is 10.5. The Kier molecular flexibility index (Phi) is 5.28. The molecule has 0 amide bonds. The van der Waals surface area contributed by atoms with Gasteiger partial charge < -0.3 is 14.6 Å². The lowest BCUT2D eigenvalue weighted by molar-refractivity contribution is -0.137. The number of carboxylic acids is 1. The minimum absolute atomic E-state index is 0.132. The van der Waals surface area contributed by atoms with E-state index in [0.717, 1.165) is 11.1 Å². The maximum Gasteiger partial charge on any atom is 0.303 e. The molecular formula is C13H17ClO4. The quantitative estimate of drug-likeness (QED) is 0.865. The normalized spacial score (nSPS) is 10.2. The third-order valence-corrected chi connectivity index (χ3v) is 3.02. The average molecular weight is 273 g/mol. The number of aliphatic carboxylic acids is 1. The number of ether oxygens (including phenoxy) is 2. The molecule has 1 aromatic rings. The van der Waals surface area contributed by atoms with Gasteiger partial charge in [0.25, 0.3) is 0 Å². The highest BCUT2D eigenvalue weighted by Crippen LogP contribution is 2.40. The van der Waals surface area contributed by atoms with Crippen LogP contribution < -0.4 is 9.47 Å². The van der Waals surface area contributed by atoms with E-state index in [4.69, 9.17) is 26.2 Å². The van der Waals surface area contributed by atoms with Crippen LogP contribution in [0.15, 0.2) is 6.07 Å². The summed E-state index contributed by atoms with van der Waals surface area (Å²) in [5, 5.41) is 9.15. The third-order valence-electron chi connectivity index (χ3n) is 2.74. The summed E-state index contributed by atoms with van der Waals surface area (Å²) in [6.45, 7) is 1.92. The molecule has 100 valence electrons. The molecule has 4 nitrogen and oxygen atoms in total. The Morgan fingerprint density at radius 3 is 2.44 bits per heavy atom. The van der Waals surface area contributed by atoms with Crippen LogP contribution >= 0.6 is 11.6 Å². The lowest BCUT2D eigenvalue weighted by Gasteiger charge is -2.16. The summed E-state index contributed by atoms with van der Waals surface area (Å²) in [6.07, 6.45) is 1.31. The summed E-state index contributed by atoms with van der Waals surface area (Å²) in [5.74, 6) is 0.288. The van der Waals surface area contributed by atoms with E-state index in [1.807, 2.05) is 6.92 Å². The number of methoxy groups -OCH3 is 2. The molecule has 0 saturated carbocycles. The van der Waals surface area contributed by atoms with Crippen molar-refractivity contribution in [2.45, 2.75) is 26.2 Å². The summed E-state index contributed by atoms with van der Waals surface area (Å²) >= 11 is 6.07. The molecule has 0 unspecified atom stereocenters. The fourth-order valence-electron chi connectivity index (χ4n) is 1.90.